The Labute approximate surface area is 91.2 Å². The zero-order valence-corrected chi connectivity index (χ0v) is 10.0. The van der Waals surface area contributed by atoms with E-state index in [2.05, 4.69) is 26.8 Å². The first kappa shape index (κ1) is 10.3. The summed E-state index contributed by atoms with van der Waals surface area (Å²) < 4.78 is 11.5. The Hall–Kier alpha value is -1.18. The zero-order valence-electron chi connectivity index (χ0n) is 10.0. The molecule has 1 aliphatic heterocycles. The van der Waals surface area contributed by atoms with Crippen molar-refractivity contribution in [3.8, 4) is 11.5 Å². The van der Waals surface area contributed by atoms with Gasteiger partial charge in [-0.3, -0.25) is 0 Å². The fourth-order valence-electron chi connectivity index (χ4n) is 1.82. The summed E-state index contributed by atoms with van der Waals surface area (Å²) in [5.41, 5.74) is 1.28. The van der Waals surface area contributed by atoms with Crippen LogP contribution in [0.4, 0.5) is 0 Å². The SMILES string of the molecule is CC1(C)Oc2cccc(C(C)(C)C)c2O1. The van der Waals surface area contributed by atoms with Crippen LogP contribution in [0.25, 0.3) is 0 Å². The highest BCUT2D eigenvalue weighted by Gasteiger charge is 2.35. The van der Waals surface area contributed by atoms with Gasteiger partial charge in [0.2, 0.25) is 5.79 Å². The fourth-order valence-corrected chi connectivity index (χ4v) is 1.82. The van der Waals surface area contributed by atoms with Gasteiger partial charge in [-0.15, -0.1) is 0 Å². The highest BCUT2D eigenvalue weighted by atomic mass is 16.7. The minimum atomic E-state index is -0.538. The molecule has 0 spiro atoms. The molecule has 15 heavy (non-hydrogen) atoms. The molecule has 0 N–H and O–H groups in total. The second-order valence-electron chi connectivity index (χ2n) is 5.49. The van der Waals surface area contributed by atoms with Crippen molar-refractivity contribution < 1.29 is 9.47 Å². The van der Waals surface area contributed by atoms with Gasteiger partial charge in [0, 0.05) is 19.4 Å². The summed E-state index contributed by atoms with van der Waals surface area (Å²) in [4.78, 5) is 0. The second kappa shape index (κ2) is 2.91. The molecular weight excluding hydrogens is 188 g/mol. The van der Waals surface area contributed by atoms with E-state index in [1.54, 1.807) is 0 Å². The Morgan fingerprint density at radius 2 is 1.73 bits per heavy atom. The van der Waals surface area contributed by atoms with Gasteiger partial charge in [-0.25, -0.2) is 0 Å². The smallest absolute Gasteiger partial charge is 0.246 e. The summed E-state index contributed by atoms with van der Waals surface area (Å²) in [6.45, 7) is 10.4. The van der Waals surface area contributed by atoms with E-state index in [1.165, 1.54) is 5.56 Å². The van der Waals surface area contributed by atoms with E-state index in [4.69, 9.17) is 9.47 Å². The predicted molar refractivity (Wildman–Crippen MR) is 60.5 cm³/mol. The average molecular weight is 206 g/mol. The van der Waals surface area contributed by atoms with Gasteiger partial charge in [0.25, 0.3) is 0 Å². The van der Waals surface area contributed by atoms with E-state index in [0.29, 0.717) is 0 Å². The quantitative estimate of drug-likeness (QED) is 0.647. The molecule has 0 radical (unpaired) electrons. The maximum absolute atomic E-state index is 5.83. The molecule has 2 nitrogen and oxygen atoms in total. The molecule has 82 valence electrons. The molecule has 1 heterocycles. The van der Waals surface area contributed by atoms with Gasteiger partial charge in [-0.05, 0) is 11.5 Å². The van der Waals surface area contributed by atoms with Crippen LogP contribution in [0.1, 0.15) is 40.2 Å². The Morgan fingerprint density at radius 1 is 1.07 bits per heavy atom. The lowest BCUT2D eigenvalue weighted by Gasteiger charge is -2.22. The lowest BCUT2D eigenvalue weighted by Crippen LogP contribution is -2.30. The van der Waals surface area contributed by atoms with E-state index in [1.807, 2.05) is 26.0 Å². The number of hydrogen-bond donors (Lipinski definition) is 0. The summed E-state index contributed by atoms with van der Waals surface area (Å²) in [6.07, 6.45) is 0. The molecule has 2 rings (SSSR count). The summed E-state index contributed by atoms with van der Waals surface area (Å²) in [5.74, 6) is 1.21. The van der Waals surface area contributed by atoms with Crippen molar-refractivity contribution in [1.29, 1.82) is 0 Å². The molecule has 2 heteroatoms. The number of benzene rings is 1. The molecule has 1 aliphatic rings. The van der Waals surface area contributed by atoms with Crippen LogP contribution in [-0.2, 0) is 5.41 Å². The van der Waals surface area contributed by atoms with Gasteiger partial charge in [0.15, 0.2) is 11.5 Å². The van der Waals surface area contributed by atoms with Gasteiger partial charge in [-0.1, -0.05) is 32.9 Å². The molecule has 0 unspecified atom stereocenters. The Bertz CT molecular complexity index is 386. The first-order valence-corrected chi connectivity index (χ1v) is 5.31. The van der Waals surface area contributed by atoms with Crippen LogP contribution in [0.3, 0.4) is 0 Å². The standard InChI is InChI=1S/C13H18O2/c1-12(2,3)9-7-6-8-10-11(9)15-13(4,5)14-10/h6-8H,1-5H3. The largest absolute Gasteiger partial charge is 0.449 e. The predicted octanol–water partition coefficient (Wildman–Crippen LogP) is 3.49. The van der Waals surface area contributed by atoms with Crippen LogP contribution in [0.2, 0.25) is 0 Å². The van der Waals surface area contributed by atoms with E-state index in [0.717, 1.165) is 11.5 Å². The summed E-state index contributed by atoms with van der Waals surface area (Å²) in [5, 5.41) is 0. The Morgan fingerprint density at radius 3 is 2.33 bits per heavy atom. The van der Waals surface area contributed by atoms with Crippen LogP contribution < -0.4 is 9.47 Å². The third kappa shape index (κ3) is 1.81. The molecule has 0 aliphatic carbocycles. The van der Waals surface area contributed by atoms with Crippen LogP contribution in [0.15, 0.2) is 18.2 Å². The molecule has 1 aromatic carbocycles. The van der Waals surface area contributed by atoms with Crippen LogP contribution >= 0.6 is 0 Å². The van der Waals surface area contributed by atoms with Crippen molar-refractivity contribution in [2.45, 2.75) is 45.8 Å². The van der Waals surface area contributed by atoms with E-state index >= 15 is 0 Å². The number of rotatable bonds is 0. The van der Waals surface area contributed by atoms with E-state index in [9.17, 15) is 0 Å². The van der Waals surface area contributed by atoms with Crippen molar-refractivity contribution >= 4 is 0 Å². The monoisotopic (exact) mass is 206 g/mol. The van der Waals surface area contributed by atoms with Crippen LogP contribution in [-0.4, -0.2) is 5.79 Å². The molecule has 0 fully saturated rings. The summed E-state index contributed by atoms with van der Waals surface area (Å²) in [6, 6.07) is 6.08. The number of hydrogen-bond acceptors (Lipinski definition) is 2. The van der Waals surface area contributed by atoms with Gasteiger partial charge in [0.05, 0.1) is 0 Å². The number of para-hydroxylation sites is 1. The average Bonchev–Trinajstić information content (AvgIpc) is 2.35. The fraction of sp³-hybridized carbons (Fsp3) is 0.538. The maximum atomic E-state index is 5.83. The molecule has 0 aromatic heterocycles. The number of ether oxygens (including phenoxy) is 2. The van der Waals surface area contributed by atoms with E-state index in [-0.39, 0.29) is 5.41 Å². The van der Waals surface area contributed by atoms with E-state index < -0.39 is 5.79 Å². The van der Waals surface area contributed by atoms with Crippen molar-refractivity contribution in [2.75, 3.05) is 0 Å². The lowest BCUT2D eigenvalue weighted by molar-refractivity contribution is -0.0437. The van der Waals surface area contributed by atoms with Gasteiger partial charge >= 0.3 is 0 Å². The summed E-state index contributed by atoms with van der Waals surface area (Å²) >= 11 is 0. The minimum absolute atomic E-state index is 0.0785. The van der Waals surface area contributed by atoms with Gasteiger partial charge in [-0.2, -0.15) is 0 Å². The van der Waals surface area contributed by atoms with Crippen molar-refractivity contribution in [3.63, 3.8) is 0 Å². The highest BCUT2D eigenvalue weighted by molar-refractivity contribution is 5.51. The molecular formula is C13H18O2. The topological polar surface area (TPSA) is 18.5 Å². The normalized spacial score (nSPS) is 17.9. The molecule has 0 atom stereocenters. The molecule has 0 amide bonds. The first-order chi connectivity index (χ1) is 6.80. The molecule has 1 aromatic rings. The van der Waals surface area contributed by atoms with Crippen molar-refractivity contribution in [2.24, 2.45) is 0 Å². The Kier molecular flexibility index (Phi) is 2.00. The highest BCUT2D eigenvalue weighted by Crippen LogP contribution is 2.45. The van der Waals surface area contributed by atoms with Crippen LogP contribution in [0.5, 0.6) is 11.5 Å². The zero-order chi connectivity index (χ0) is 11.3. The first-order valence-electron chi connectivity index (χ1n) is 5.31. The minimum Gasteiger partial charge on any atom is -0.449 e. The third-order valence-corrected chi connectivity index (χ3v) is 2.49. The van der Waals surface area contributed by atoms with Crippen molar-refractivity contribution in [3.05, 3.63) is 23.8 Å². The third-order valence-electron chi connectivity index (χ3n) is 2.49. The molecule has 0 bridgehead atoms. The van der Waals surface area contributed by atoms with Gasteiger partial charge < -0.3 is 9.47 Å². The number of fused-ring (bicyclic) bond motifs is 1. The molecule has 0 saturated carbocycles. The molecule has 0 saturated heterocycles. The maximum Gasteiger partial charge on any atom is 0.246 e. The summed E-state index contributed by atoms with van der Waals surface area (Å²) in [7, 11) is 0. The lowest BCUT2D eigenvalue weighted by atomic mass is 9.86. The second-order valence-corrected chi connectivity index (χ2v) is 5.49. The van der Waals surface area contributed by atoms with Crippen LogP contribution in [0, 0.1) is 0 Å². The van der Waals surface area contributed by atoms with Gasteiger partial charge in [0.1, 0.15) is 0 Å². The Balaban J connectivity index is 2.51. The van der Waals surface area contributed by atoms with Crippen molar-refractivity contribution in [1.82, 2.24) is 0 Å².